The highest BCUT2D eigenvalue weighted by Gasteiger charge is 2.64. The van der Waals surface area contributed by atoms with E-state index in [0.717, 1.165) is 40.0 Å². The second kappa shape index (κ2) is 7.81. The number of para-hydroxylation sites is 1. The summed E-state index contributed by atoms with van der Waals surface area (Å²) in [6.07, 6.45) is 2.01. The molecule has 0 aliphatic carbocycles. The van der Waals surface area contributed by atoms with Crippen LogP contribution >= 0.6 is 22.7 Å². The molecule has 0 spiro atoms. The van der Waals surface area contributed by atoms with Gasteiger partial charge < -0.3 is 0 Å². The summed E-state index contributed by atoms with van der Waals surface area (Å²) in [5.74, 6) is -2.70. The fourth-order valence-corrected chi connectivity index (χ4v) is 9.72. The van der Waals surface area contributed by atoms with Gasteiger partial charge in [-0.1, -0.05) is 62.4 Å². The number of amides is 4. The van der Waals surface area contributed by atoms with Crippen LogP contribution in [0.2, 0.25) is 0 Å². The number of pyridine rings is 1. The number of hydrogen-bond donors (Lipinski definition) is 0. The summed E-state index contributed by atoms with van der Waals surface area (Å²) < 4.78 is 4.51. The first-order valence-corrected chi connectivity index (χ1v) is 15.5. The van der Waals surface area contributed by atoms with Crippen molar-refractivity contribution in [2.75, 3.05) is 0 Å². The number of hydrogen-bond acceptors (Lipinski definition) is 6. The minimum Gasteiger partial charge on any atom is -0.299 e. The minimum atomic E-state index is -1.35. The lowest BCUT2D eigenvalue weighted by Crippen LogP contribution is -2.38. The molecule has 9 rings (SSSR count). The zero-order valence-corrected chi connectivity index (χ0v) is 24.2. The van der Waals surface area contributed by atoms with Crippen molar-refractivity contribution >= 4 is 110 Å². The molecule has 0 N–H and O–H groups in total. The van der Waals surface area contributed by atoms with Gasteiger partial charge in [0.05, 0.1) is 15.7 Å². The van der Waals surface area contributed by atoms with Crippen LogP contribution < -0.4 is 0 Å². The Balaban J connectivity index is 1.27. The molecule has 42 heavy (non-hydrogen) atoms. The number of thiophene rings is 2. The SMILES string of the molecule is CCC1(CC)C(=O)N2C(=O)C(=Cc3cc4sc5c(c6cccc7ccc8c9ccccc9n5c8c76)c4s3)C(=O)N2C1=O. The molecule has 4 amide bonds. The van der Waals surface area contributed by atoms with Gasteiger partial charge in [-0.15, -0.1) is 22.7 Å². The van der Waals surface area contributed by atoms with E-state index in [0.29, 0.717) is 0 Å². The normalized spacial score (nSPS) is 17.2. The Labute approximate surface area is 246 Å². The Morgan fingerprint density at radius 3 is 2.21 bits per heavy atom. The van der Waals surface area contributed by atoms with E-state index >= 15 is 0 Å². The number of aromatic nitrogens is 1. The van der Waals surface area contributed by atoms with Gasteiger partial charge in [0.15, 0.2) is 0 Å². The Bertz CT molecular complexity index is 2400. The van der Waals surface area contributed by atoms with Crippen LogP contribution in [0.1, 0.15) is 31.6 Å². The van der Waals surface area contributed by atoms with Crippen LogP contribution in [0.5, 0.6) is 0 Å². The highest BCUT2D eigenvalue weighted by Crippen LogP contribution is 2.49. The molecule has 9 heteroatoms. The van der Waals surface area contributed by atoms with E-state index < -0.39 is 29.0 Å². The lowest BCUT2D eigenvalue weighted by molar-refractivity contribution is -0.159. The molecule has 6 heterocycles. The summed E-state index contributed by atoms with van der Waals surface area (Å²) >= 11 is 3.20. The Hall–Kier alpha value is -4.60. The number of imide groups is 2. The Kier molecular flexibility index (Phi) is 4.47. The predicted octanol–water partition coefficient (Wildman–Crippen LogP) is 7.11. The number of hydrazine groups is 1. The first-order chi connectivity index (χ1) is 20.4. The molecule has 0 atom stereocenters. The Morgan fingerprint density at radius 1 is 0.762 bits per heavy atom. The van der Waals surface area contributed by atoms with Gasteiger partial charge in [-0.25, -0.2) is 0 Å². The van der Waals surface area contributed by atoms with Gasteiger partial charge in [-0.3, -0.25) is 23.6 Å². The van der Waals surface area contributed by atoms with Crippen molar-refractivity contribution in [1.82, 2.24) is 14.4 Å². The highest BCUT2D eigenvalue weighted by atomic mass is 32.1. The molecule has 0 radical (unpaired) electrons. The molecule has 0 saturated carbocycles. The molecular formula is C33H21N3O4S2. The van der Waals surface area contributed by atoms with Crippen LogP contribution in [0.4, 0.5) is 0 Å². The van der Waals surface area contributed by atoms with Crippen molar-refractivity contribution in [1.29, 1.82) is 0 Å². The van der Waals surface area contributed by atoms with Crippen molar-refractivity contribution in [2.45, 2.75) is 26.7 Å². The van der Waals surface area contributed by atoms with E-state index in [-0.39, 0.29) is 18.4 Å². The van der Waals surface area contributed by atoms with E-state index in [9.17, 15) is 19.2 Å². The second-order valence-electron chi connectivity index (χ2n) is 11.0. The smallest absolute Gasteiger partial charge is 0.285 e. The molecule has 2 fully saturated rings. The fraction of sp³-hybridized carbons (Fsp3) is 0.152. The van der Waals surface area contributed by atoms with Crippen LogP contribution in [0.25, 0.3) is 63.7 Å². The van der Waals surface area contributed by atoms with Crippen LogP contribution in [0, 0.1) is 5.41 Å². The van der Waals surface area contributed by atoms with Crippen molar-refractivity contribution in [2.24, 2.45) is 5.41 Å². The summed E-state index contributed by atoms with van der Waals surface area (Å²) in [6.45, 7) is 3.46. The van der Waals surface area contributed by atoms with E-state index in [2.05, 4.69) is 59.0 Å². The molecule has 2 aliphatic rings. The van der Waals surface area contributed by atoms with E-state index in [1.165, 1.54) is 49.9 Å². The van der Waals surface area contributed by atoms with Crippen molar-refractivity contribution in [3.63, 3.8) is 0 Å². The first kappa shape index (κ1) is 24.0. The van der Waals surface area contributed by atoms with E-state index in [1.807, 2.05) is 6.07 Å². The zero-order chi connectivity index (χ0) is 28.7. The summed E-state index contributed by atoms with van der Waals surface area (Å²) in [4.78, 5) is 55.0. The molecule has 7 aromatic rings. The number of carbonyl (C=O) groups excluding carboxylic acids is 4. The maximum absolute atomic E-state index is 13.4. The molecule has 0 unspecified atom stereocenters. The van der Waals surface area contributed by atoms with Gasteiger partial charge >= 0.3 is 0 Å². The van der Waals surface area contributed by atoms with Crippen LogP contribution in [-0.4, -0.2) is 38.0 Å². The molecule has 3 aromatic carbocycles. The molecule has 0 bridgehead atoms. The molecule has 204 valence electrons. The van der Waals surface area contributed by atoms with Gasteiger partial charge in [0.1, 0.15) is 15.8 Å². The zero-order valence-electron chi connectivity index (χ0n) is 22.6. The van der Waals surface area contributed by atoms with Crippen molar-refractivity contribution in [3.8, 4) is 0 Å². The monoisotopic (exact) mass is 587 g/mol. The van der Waals surface area contributed by atoms with Crippen molar-refractivity contribution in [3.05, 3.63) is 71.1 Å². The molecule has 7 nitrogen and oxygen atoms in total. The summed E-state index contributed by atoms with van der Waals surface area (Å²) in [6, 6.07) is 21.3. The summed E-state index contributed by atoms with van der Waals surface area (Å²) in [7, 11) is 0. The lowest BCUT2D eigenvalue weighted by Gasteiger charge is -2.19. The minimum absolute atomic E-state index is 0.161. The molecule has 2 aliphatic heterocycles. The van der Waals surface area contributed by atoms with Gasteiger partial charge in [0.2, 0.25) is 0 Å². The highest BCUT2D eigenvalue weighted by molar-refractivity contribution is 7.33. The van der Waals surface area contributed by atoms with Gasteiger partial charge in [-0.05, 0) is 41.8 Å². The quantitative estimate of drug-likeness (QED) is 0.0956. The maximum atomic E-state index is 13.4. The van der Waals surface area contributed by atoms with Crippen LogP contribution in [0.3, 0.4) is 0 Å². The number of rotatable bonds is 3. The maximum Gasteiger partial charge on any atom is 0.285 e. The standard InChI is InChI=1S/C33H21N3O4S2/c1-3-33(4-2)31(39)35-28(37)21(29(38)36(35)32(33)40)14-17-15-23-27(41-17)25-20-10-7-8-16-12-13-19-18-9-5-6-11-22(18)34(30(25)42-23)26(19)24(16)20/h5-15H,3-4H2,1-2H3. The van der Waals surface area contributed by atoms with Crippen LogP contribution in [-0.2, 0) is 19.2 Å². The lowest BCUT2D eigenvalue weighted by atomic mass is 9.81. The third kappa shape index (κ3) is 2.58. The van der Waals surface area contributed by atoms with Gasteiger partial charge in [0, 0.05) is 31.1 Å². The second-order valence-corrected chi connectivity index (χ2v) is 13.1. The topological polar surface area (TPSA) is 79.2 Å². The van der Waals surface area contributed by atoms with Crippen LogP contribution in [0.15, 0.2) is 66.2 Å². The molecule has 4 aromatic heterocycles. The number of nitrogens with zero attached hydrogens (tertiary/aromatic N) is 3. The third-order valence-corrected chi connectivity index (χ3v) is 11.6. The number of carbonyl (C=O) groups is 4. The number of benzene rings is 3. The third-order valence-electron chi connectivity index (χ3n) is 9.26. The van der Waals surface area contributed by atoms with Gasteiger partial charge in [-0.2, -0.15) is 10.0 Å². The largest absolute Gasteiger partial charge is 0.299 e. The number of fused-ring (bicyclic) bond motifs is 9. The predicted molar refractivity (Wildman–Crippen MR) is 167 cm³/mol. The first-order valence-electron chi connectivity index (χ1n) is 13.9. The van der Waals surface area contributed by atoms with Gasteiger partial charge in [0.25, 0.3) is 23.6 Å². The van der Waals surface area contributed by atoms with E-state index in [4.69, 9.17) is 0 Å². The average Bonchev–Trinajstić information content (AvgIpc) is 3.75. The fourth-order valence-electron chi connectivity index (χ4n) is 7.09. The summed E-state index contributed by atoms with van der Waals surface area (Å²) in [5.41, 5.74) is 0.862. The Morgan fingerprint density at radius 2 is 1.48 bits per heavy atom. The molecular weight excluding hydrogens is 567 g/mol. The van der Waals surface area contributed by atoms with E-state index in [1.54, 1.807) is 25.2 Å². The average molecular weight is 588 g/mol. The molecule has 2 saturated heterocycles. The summed E-state index contributed by atoms with van der Waals surface area (Å²) in [5, 5.41) is 8.65. The van der Waals surface area contributed by atoms with Crippen molar-refractivity contribution < 1.29 is 19.2 Å².